The molecule has 0 bridgehead atoms. The molecular weight excluding hydrogens is 224 g/mol. The highest BCUT2D eigenvalue weighted by molar-refractivity contribution is 5.80. The molecule has 3 aromatic rings. The van der Waals surface area contributed by atoms with Gasteiger partial charge in [-0.3, -0.25) is 0 Å². The number of aryl methyl sites for hydroxylation is 1. The first-order valence-corrected chi connectivity index (χ1v) is 5.85. The fourth-order valence-corrected chi connectivity index (χ4v) is 2.24. The molecule has 0 radical (unpaired) electrons. The third-order valence-corrected chi connectivity index (χ3v) is 3.16. The molecule has 0 unspecified atom stereocenters. The molecule has 0 saturated carbocycles. The summed E-state index contributed by atoms with van der Waals surface area (Å²) < 4.78 is 7.31. The largest absolute Gasteiger partial charge is 0.496 e. The lowest BCUT2D eigenvalue weighted by Crippen LogP contribution is -1.89. The van der Waals surface area contributed by atoms with Crippen molar-refractivity contribution in [2.45, 2.75) is 6.92 Å². The van der Waals surface area contributed by atoms with Gasteiger partial charge in [0.25, 0.3) is 0 Å². The molecule has 0 amide bonds. The lowest BCUT2D eigenvalue weighted by molar-refractivity contribution is 0.412. The fraction of sp³-hybridized carbons (Fsp3) is 0.133. The average Bonchev–Trinajstić information content (AvgIpc) is 2.86. The molecule has 2 aromatic heterocycles. The van der Waals surface area contributed by atoms with E-state index >= 15 is 0 Å². The number of nitrogens with zero attached hydrogens (tertiary/aromatic N) is 2. The Kier molecular flexibility index (Phi) is 2.52. The van der Waals surface area contributed by atoms with Gasteiger partial charge >= 0.3 is 0 Å². The average molecular weight is 238 g/mol. The molecule has 90 valence electrons. The number of pyridine rings is 1. The summed E-state index contributed by atoms with van der Waals surface area (Å²) in [6.07, 6.45) is 5.70. The van der Waals surface area contributed by atoms with Crippen LogP contribution in [0.5, 0.6) is 5.75 Å². The molecule has 0 aliphatic carbocycles. The Morgan fingerprint density at radius 3 is 2.89 bits per heavy atom. The first-order valence-electron chi connectivity index (χ1n) is 5.85. The smallest absolute Gasteiger partial charge is 0.121 e. The first kappa shape index (κ1) is 10.8. The second kappa shape index (κ2) is 4.18. The number of hydrogen-bond donors (Lipinski definition) is 0. The van der Waals surface area contributed by atoms with E-state index in [4.69, 9.17) is 4.74 Å². The van der Waals surface area contributed by atoms with E-state index in [0.29, 0.717) is 0 Å². The van der Waals surface area contributed by atoms with Crippen molar-refractivity contribution < 1.29 is 4.74 Å². The van der Waals surface area contributed by atoms with Crippen LogP contribution in [0.4, 0.5) is 0 Å². The zero-order valence-corrected chi connectivity index (χ0v) is 10.4. The van der Waals surface area contributed by atoms with Gasteiger partial charge < -0.3 is 9.14 Å². The monoisotopic (exact) mass is 238 g/mol. The minimum atomic E-state index is 0.916. The van der Waals surface area contributed by atoms with Crippen molar-refractivity contribution >= 4 is 5.52 Å². The Morgan fingerprint density at radius 2 is 2.11 bits per heavy atom. The predicted octanol–water partition coefficient (Wildman–Crippen LogP) is 3.32. The quantitative estimate of drug-likeness (QED) is 0.684. The minimum Gasteiger partial charge on any atom is -0.496 e. The molecular formula is C15H14N2O. The number of aromatic nitrogens is 2. The minimum absolute atomic E-state index is 0.916. The zero-order valence-electron chi connectivity index (χ0n) is 10.4. The van der Waals surface area contributed by atoms with Crippen LogP contribution in [-0.2, 0) is 0 Å². The van der Waals surface area contributed by atoms with E-state index in [1.165, 1.54) is 11.1 Å². The van der Waals surface area contributed by atoms with Crippen molar-refractivity contribution in [1.29, 1.82) is 0 Å². The van der Waals surface area contributed by atoms with Crippen molar-refractivity contribution in [3.05, 3.63) is 54.6 Å². The van der Waals surface area contributed by atoms with Gasteiger partial charge in [0.2, 0.25) is 0 Å². The molecule has 18 heavy (non-hydrogen) atoms. The highest BCUT2D eigenvalue weighted by Crippen LogP contribution is 2.28. The fourth-order valence-electron chi connectivity index (χ4n) is 2.24. The molecule has 0 aliphatic heterocycles. The highest BCUT2D eigenvalue weighted by atomic mass is 16.5. The maximum atomic E-state index is 5.29. The molecule has 0 atom stereocenters. The maximum Gasteiger partial charge on any atom is 0.121 e. The van der Waals surface area contributed by atoms with Crippen LogP contribution in [0.2, 0.25) is 0 Å². The number of fused-ring (bicyclic) bond motifs is 1. The van der Waals surface area contributed by atoms with Crippen molar-refractivity contribution in [3.63, 3.8) is 0 Å². The number of ether oxygens (including phenoxy) is 1. The Balaban J connectivity index is 2.20. The molecule has 0 N–H and O–H groups in total. The van der Waals surface area contributed by atoms with Gasteiger partial charge in [-0.15, -0.1) is 0 Å². The number of rotatable bonds is 2. The van der Waals surface area contributed by atoms with Gasteiger partial charge in [0.15, 0.2) is 0 Å². The van der Waals surface area contributed by atoms with Crippen LogP contribution in [0.3, 0.4) is 0 Å². The van der Waals surface area contributed by atoms with Crippen LogP contribution in [0.25, 0.3) is 16.6 Å². The van der Waals surface area contributed by atoms with Crippen molar-refractivity contribution in [1.82, 2.24) is 9.38 Å². The van der Waals surface area contributed by atoms with Crippen molar-refractivity contribution in [2.24, 2.45) is 0 Å². The summed E-state index contributed by atoms with van der Waals surface area (Å²) in [7, 11) is 1.69. The Bertz CT molecular complexity index is 701. The maximum absolute atomic E-state index is 5.29. The third kappa shape index (κ3) is 1.64. The number of hydrogen-bond acceptors (Lipinski definition) is 2. The number of methoxy groups -OCH3 is 1. The summed E-state index contributed by atoms with van der Waals surface area (Å²) in [5, 5.41) is 0. The molecule has 0 aliphatic rings. The molecule has 0 fully saturated rings. The summed E-state index contributed by atoms with van der Waals surface area (Å²) in [5.74, 6) is 0.916. The second-order valence-electron chi connectivity index (χ2n) is 4.29. The first-order chi connectivity index (χ1) is 8.79. The van der Waals surface area contributed by atoms with Crippen LogP contribution in [0, 0.1) is 6.92 Å². The van der Waals surface area contributed by atoms with Gasteiger partial charge in [-0.1, -0.05) is 12.1 Å². The van der Waals surface area contributed by atoms with Gasteiger partial charge in [0.05, 0.1) is 25.2 Å². The SMILES string of the molecule is COc1ccc(-c2cccn3cncc23)cc1C. The van der Waals surface area contributed by atoms with Crippen molar-refractivity contribution in [2.75, 3.05) is 7.11 Å². The summed E-state index contributed by atoms with van der Waals surface area (Å²) in [6.45, 7) is 2.05. The van der Waals surface area contributed by atoms with E-state index < -0.39 is 0 Å². The van der Waals surface area contributed by atoms with Crippen LogP contribution < -0.4 is 4.74 Å². The second-order valence-corrected chi connectivity index (χ2v) is 4.29. The molecule has 2 heterocycles. The Hall–Kier alpha value is -2.29. The van der Waals surface area contributed by atoms with E-state index in [1.807, 2.05) is 35.3 Å². The summed E-state index contributed by atoms with van der Waals surface area (Å²) >= 11 is 0. The summed E-state index contributed by atoms with van der Waals surface area (Å²) in [5.41, 5.74) is 4.61. The van der Waals surface area contributed by atoms with Gasteiger partial charge in [-0.05, 0) is 36.2 Å². The van der Waals surface area contributed by atoms with Gasteiger partial charge in [0, 0.05) is 11.8 Å². The van der Waals surface area contributed by atoms with Crippen LogP contribution >= 0.6 is 0 Å². The highest BCUT2D eigenvalue weighted by Gasteiger charge is 2.06. The van der Waals surface area contributed by atoms with Crippen LogP contribution in [0.15, 0.2) is 49.1 Å². The zero-order chi connectivity index (χ0) is 12.5. The Labute approximate surface area is 106 Å². The van der Waals surface area contributed by atoms with E-state index in [-0.39, 0.29) is 0 Å². The summed E-state index contributed by atoms with van der Waals surface area (Å²) in [6, 6.07) is 10.4. The van der Waals surface area contributed by atoms with E-state index in [0.717, 1.165) is 16.8 Å². The number of benzene rings is 1. The molecule has 1 aromatic carbocycles. The normalized spacial score (nSPS) is 10.8. The lowest BCUT2D eigenvalue weighted by atomic mass is 10.0. The molecule has 3 heteroatoms. The lowest BCUT2D eigenvalue weighted by Gasteiger charge is -2.08. The van der Waals surface area contributed by atoms with Crippen molar-refractivity contribution in [3.8, 4) is 16.9 Å². The van der Waals surface area contributed by atoms with E-state index in [2.05, 4.69) is 30.1 Å². The molecule has 0 saturated heterocycles. The van der Waals surface area contributed by atoms with Crippen LogP contribution in [-0.4, -0.2) is 16.5 Å². The third-order valence-electron chi connectivity index (χ3n) is 3.16. The summed E-state index contributed by atoms with van der Waals surface area (Å²) in [4.78, 5) is 4.18. The topological polar surface area (TPSA) is 26.5 Å². The number of imidazole rings is 1. The molecule has 0 spiro atoms. The standard InChI is InChI=1S/C15H14N2O/c1-11-8-12(5-6-15(11)18-2)13-4-3-7-17-10-16-9-14(13)17/h3-10H,1-2H3. The van der Waals surface area contributed by atoms with E-state index in [1.54, 1.807) is 7.11 Å². The predicted molar refractivity (Wildman–Crippen MR) is 71.9 cm³/mol. The molecule has 3 nitrogen and oxygen atoms in total. The Morgan fingerprint density at radius 1 is 1.22 bits per heavy atom. The van der Waals surface area contributed by atoms with Crippen LogP contribution in [0.1, 0.15) is 5.56 Å². The molecule has 3 rings (SSSR count). The van der Waals surface area contributed by atoms with E-state index in [9.17, 15) is 0 Å². The van der Waals surface area contributed by atoms with Gasteiger partial charge in [-0.25, -0.2) is 4.98 Å². The van der Waals surface area contributed by atoms with Gasteiger partial charge in [-0.2, -0.15) is 0 Å². The van der Waals surface area contributed by atoms with Gasteiger partial charge in [0.1, 0.15) is 5.75 Å².